The highest BCUT2D eigenvalue weighted by Gasteiger charge is 2.31. The van der Waals surface area contributed by atoms with Crippen LogP contribution in [-0.4, -0.2) is 96.7 Å². The number of rotatable bonds is 89. The zero-order valence-corrected chi connectivity index (χ0v) is 75.4. The van der Waals surface area contributed by atoms with Gasteiger partial charge in [0.05, 0.1) is 26.4 Å². The molecule has 0 aliphatic carbocycles. The summed E-state index contributed by atoms with van der Waals surface area (Å²) in [5.41, 5.74) is 0. The molecule has 0 rings (SSSR count). The third-order valence-electron chi connectivity index (χ3n) is 22.7. The molecule has 0 spiro atoms. The zero-order valence-electron chi connectivity index (χ0n) is 73.6. The van der Waals surface area contributed by atoms with Crippen molar-refractivity contribution in [3.8, 4) is 0 Å². The monoisotopic (exact) mass is 1620 g/mol. The largest absolute Gasteiger partial charge is 0.472 e. The second-order valence-corrected chi connectivity index (χ2v) is 37.2. The molecule has 17 nitrogen and oxygen atoms in total. The summed E-state index contributed by atoms with van der Waals surface area (Å²) in [6, 6.07) is 0. The van der Waals surface area contributed by atoms with E-state index in [1.807, 2.05) is 0 Å². The Morgan fingerprint density at radius 2 is 0.432 bits per heavy atom. The molecule has 5 unspecified atom stereocenters. The normalized spacial score (nSPS) is 14.6. The van der Waals surface area contributed by atoms with Crippen LogP contribution >= 0.6 is 15.6 Å². The standard InChI is InChI=1S/C92H180O17P2/c1-9-83(6)69-61-53-45-39-33-27-21-17-13-15-19-23-30-36-42-48-58-66-75-92(97)109-88(79-103-90(95)73-65-57-51-50-55-63-71-85(8)11-3)81-107-111(100,101)105-77-86(93)76-104-110(98,99)106-80-87(108-91(96)74-67-59-49-43-37-31-25-24-28-34-40-46-54-62-70-84(7)10-2)78-102-89(94)72-64-56-47-41-35-29-22-18-14-12-16-20-26-32-38-44-52-60-68-82(4)5/h82-88,93H,9-81H2,1-8H3,(H,98,99)(H,100,101)/t83?,84?,85?,86-,87-,88-/m1/s1. The number of unbranched alkanes of at least 4 members (excludes halogenated alkanes) is 52. The van der Waals surface area contributed by atoms with E-state index in [1.165, 1.54) is 283 Å². The van der Waals surface area contributed by atoms with Gasteiger partial charge in [0.25, 0.3) is 0 Å². The Bertz CT molecular complexity index is 2150. The molecule has 660 valence electrons. The molecule has 0 amide bonds. The van der Waals surface area contributed by atoms with Crippen LogP contribution in [0.1, 0.15) is 486 Å². The highest BCUT2D eigenvalue weighted by Crippen LogP contribution is 2.45. The minimum absolute atomic E-state index is 0.107. The van der Waals surface area contributed by atoms with Crippen molar-refractivity contribution in [2.45, 2.75) is 504 Å². The van der Waals surface area contributed by atoms with Gasteiger partial charge in [-0.2, -0.15) is 0 Å². The van der Waals surface area contributed by atoms with Crippen LogP contribution in [0.2, 0.25) is 0 Å². The molecule has 0 aromatic rings. The summed E-state index contributed by atoms with van der Waals surface area (Å²) in [4.78, 5) is 73.4. The van der Waals surface area contributed by atoms with Crippen molar-refractivity contribution in [1.29, 1.82) is 0 Å². The van der Waals surface area contributed by atoms with Crippen LogP contribution in [0, 0.1) is 23.7 Å². The topological polar surface area (TPSA) is 237 Å². The van der Waals surface area contributed by atoms with Gasteiger partial charge in [0.15, 0.2) is 12.2 Å². The number of aliphatic hydroxyl groups excluding tert-OH is 1. The maximum absolute atomic E-state index is 13.2. The number of hydrogen-bond donors (Lipinski definition) is 3. The van der Waals surface area contributed by atoms with Crippen molar-refractivity contribution in [2.24, 2.45) is 23.7 Å². The summed E-state index contributed by atoms with van der Waals surface area (Å²) in [6.07, 6.45) is 72.3. The maximum Gasteiger partial charge on any atom is 0.472 e. The number of ether oxygens (including phenoxy) is 4. The van der Waals surface area contributed by atoms with Gasteiger partial charge in [-0.3, -0.25) is 37.3 Å². The molecule has 0 saturated heterocycles. The van der Waals surface area contributed by atoms with Crippen LogP contribution in [0.3, 0.4) is 0 Å². The Kier molecular flexibility index (Phi) is 79.1. The Balaban J connectivity index is 5.21. The lowest BCUT2D eigenvalue weighted by molar-refractivity contribution is -0.161. The molecule has 0 heterocycles. The van der Waals surface area contributed by atoms with Crippen molar-refractivity contribution in [3.63, 3.8) is 0 Å². The van der Waals surface area contributed by atoms with E-state index in [0.717, 1.165) is 120 Å². The number of hydrogen-bond acceptors (Lipinski definition) is 15. The fourth-order valence-electron chi connectivity index (χ4n) is 14.3. The smallest absolute Gasteiger partial charge is 0.462 e. The van der Waals surface area contributed by atoms with Crippen LogP contribution in [0.25, 0.3) is 0 Å². The first kappa shape index (κ1) is 109. The predicted molar refractivity (Wildman–Crippen MR) is 460 cm³/mol. The zero-order chi connectivity index (χ0) is 81.6. The minimum Gasteiger partial charge on any atom is -0.462 e. The molecule has 3 N–H and O–H groups in total. The summed E-state index contributed by atoms with van der Waals surface area (Å²) in [5.74, 6) is 1.17. The number of phosphoric ester groups is 2. The fraction of sp³-hybridized carbons (Fsp3) is 0.957. The number of phosphoric acid groups is 2. The van der Waals surface area contributed by atoms with E-state index in [9.17, 15) is 43.2 Å². The number of carbonyl (C=O) groups excluding carboxylic acids is 4. The molecular weight excluding hydrogens is 1440 g/mol. The highest BCUT2D eigenvalue weighted by molar-refractivity contribution is 7.47. The Labute approximate surface area is 683 Å². The molecule has 0 aliphatic rings. The summed E-state index contributed by atoms with van der Waals surface area (Å²) in [5, 5.41) is 10.7. The molecule has 0 aromatic heterocycles. The fourth-order valence-corrected chi connectivity index (χ4v) is 15.9. The molecule has 0 fully saturated rings. The minimum atomic E-state index is -4.97. The van der Waals surface area contributed by atoms with Crippen molar-refractivity contribution in [3.05, 3.63) is 0 Å². The van der Waals surface area contributed by atoms with Crippen LogP contribution in [0.15, 0.2) is 0 Å². The summed E-state index contributed by atoms with van der Waals surface area (Å²) < 4.78 is 69.1. The van der Waals surface area contributed by atoms with E-state index in [0.29, 0.717) is 25.7 Å². The SMILES string of the molecule is CCC(C)CCCCCCCCCCCCCCCCCCCCC(=O)O[C@H](COC(=O)CCCCCCCCC(C)CC)COP(=O)(O)OC[C@H](O)COP(=O)(O)OC[C@@H](COC(=O)CCCCCCCCCCCCCCCCCCCCC(C)C)OC(=O)CCCCCCCCCCCCCCCCC(C)CC. The van der Waals surface area contributed by atoms with Crippen LogP contribution in [0.4, 0.5) is 0 Å². The van der Waals surface area contributed by atoms with Gasteiger partial charge < -0.3 is 33.8 Å². The van der Waals surface area contributed by atoms with Gasteiger partial charge in [-0.25, -0.2) is 9.13 Å². The number of esters is 4. The van der Waals surface area contributed by atoms with Crippen molar-refractivity contribution < 1.29 is 80.2 Å². The van der Waals surface area contributed by atoms with Crippen LogP contribution < -0.4 is 0 Å². The third kappa shape index (κ3) is 81.6. The van der Waals surface area contributed by atoms with Gasteiger partial charge in [-0.15, -0.1) is 0 Å². The quantitative estimate of drug-likeness (QED) is 0.0222. The van der Waals surface area contributed by atoms with E-state index in [2.05, 4.69) is 55.4 Å². The molecule has 0 radical (unpaired) electrons. The van der Waals surface area contributed by atoms with Gasteiger partial charge >= 0.3 is 39.5 Å². The first-order valence-electron chi connectivity index (χ1n) is 47.3. The number of aliphatic hydroxyl groups is 1. The maximum atomic E-state index is 13.2. The average molecular weight is 1620 g/mol. The van der Waals surface area contributed by atoms with Gasteiger partial charge in [0, 0.05) is 25.7 Å². The predicted octanol–water partition coefficient (Wildman–Crippen LogP) is 28.3. The van der Waals surface area contributed by atoms with Gasteiger partial charge in [0.1, 0.15) is 19.3 Å². The van der Waals surface area contributed by atoms with Crippen LogP contribution in [0.5, 0.6) is 0 Å². The van der Waals surface area contributed by atoms with E-state index >= 15 is 0 Å². The lowest BCUT2D eigenvalue weighted by Gasteiger charge is -2.21. The Hall–Kier alpha value is -1.94. The van der Waals surface area contributed by atoms with E-state index < -0.39 is 97.5 Å². The first-order chi connectivity index (χ1) is 53.7. The second kappa shape index (κ2) is 80.5. The highest BCUT2D eigenvalue weighted by atomic mass is 31.2. The summed E-state index contributed by atoms with van der Waals surface area (Å²) in [7, 11) is -9.94. The molecule has 19 heteroatoms. The lowest BCUT2D eigenvalue weighted by atomic mass is 9.99. The van der Waals surface area contributed by atoms with Crippen molar-refractivity contribution in [1.82, 2.24) is 0 Å². The summed E-state index contributed by atoms with van der Waals surface area (Å²) in [6.45, 7) is 14.4. The molecule has 0 saturated carbocycles. The lowest BCUT2D eigenvalue weighted by Crippen LogP contribution is -2.30. The Morgan fingerprint density at radius 1 is 0.252 bits per heavy atom. The molecule has 0 aliphatic heterocycles. The van der Waals surface area contributed by atoms with Gasteiger partial charge in [0.2, 0.25) is 0 Å². The van der Waals surface area contributed by atoms with E-state index in [4.69, 9.17) is 37.0 Å². The van der Waals surface area contributed by atoms with Crippen molar-refractivity contribution in [2.75, 3.05) is 39.6 Å². The molecule has 111 heavy (non-hydrogen) atoms. The molecule has 0 bridgehead atoms. The van der Waals surface area contributed by atoms with Gasteiger partial charge in [-0.1, -0.05) is 434 Å². The first-order valence-corrected chi connectivity index (χ1v) is 50.3. The molecule has 0 aromatic carbocycles. The molecular formula is C92H180O17P2. The second-order valence-electron chi connectivity index (χ2n) is 34.3. The van der Waals surface area contributed by atoms with E-state index in [1.54, 1.807) is 0 Å². The summed E-state index contributed by atoms with van der Waals surface area (Å²) >= 11 is 0. The van der Waals surface area contributed by atoms with Crippen LogP contribution in [-0.2, 0) is 65.4 Å². The van der Waals surface area contributed by atoms with Gasteiger partial charge in [-0.05, 0) is 49.4 Å². The third-order valence-corrected chi connectivity index (χ3v) is 24.6. The van der Waals surface area contributed by atoms with Crippen molar-refractivity contribution >= 4 is 39.5 Å². The Morgan fingerprint density at radius 3 is 0.640 bits per heavy atom. The van der Waals surface area contributed by atoms with E-state index in [-0.39, 0.29) is 25.7 Å². The average Bonchev–Trinajstić information content (AvgIpc) is 0.895. The molecule has 8 atom stereocenters. The number of carbonyl (C=O) groups is 4.